The van der Waals surface area contributed by atoms with E-state index in [9.17, 15) is 4.79 Å². The lowest BCUT2D eigenvalue weighted by molar-refractivity contribution is -0.112. The molecule has 0 aromatic rings. The first kappa shape index (κ1) is 9.53. The summed E-state index contributed by atoms with van der Waals surface area (Å²) in [5.41, 5.74) is 0. The zero-order chi connectivity index (χ0) is 9.15. The number of aldehydes is 1. The van der Waals surface area contributed by atoms with Crippen LogP contribution in [0.25, 0.3) is 0 Å². The molecule has 2 saturated heterocycles. The van der Waals surface area contributed by atoms with Crippen LogP contribution in [0.4, 0.5) is 0 Å². The molecule has 1 atom stereocenters. The Bertz CT molecular complexity index is 181. The zero-order valence-electron chi connectivity index (χ0n) is 7.83. The van der Waals surface area contributed by atoms with Gasteiger partial charge in [0.25, 0.3) is 0 Å². The quantitative estimate of drug-likeness (QED) is 0.637. The normalized spacial score (nSPS) is 36.3. The van der Waals surface area contributed by atoms with E-state index in [2.05, 4.69) is 0 Å². The molecule has 0 spiro atoms. The molecule has 0 aromatic carbocycles. The lowest BCUT2D eigenvalue weighted by atomic mass is 9.83. The van der Waals surface area contributed by atoms with E-state index in [0.29, 0.717) is 5.92 Å². The van der Waals surface area contributed by atoms with E-state index in [0.717, 1.165) is 38.2 Å². The highest BCUT2D eigenvalue weighted by Gasteiger charge is 2.42. The van der Waals surface area contributed by atoms with Gasteiger partial charge in [-0.05, 0) is 37.4 Å². The van der Waals surface area contributed by atoms with Gasteiger partial charge in [-0.15, -0.1) is 11.8 Å². The number of hydrogen-bond acceptors (Lipinski definition) is 3. The molecule has 2 fully saturated rings. The van der Waals surface area contributed by atoms with Gasteiger partial charge in [0.2, 0.25) is 0 Å². The smallest absolute Gasteiger partial charge is 0.136 e. The summed E-state index contributed by atoms with van der Waals surface area (Å²) in [5, 5.41) is 0. The van der Waals surface area contributed by atoms with Crippen molar-refractivity contribution < 1.29 is 9.53 Å². The van der Waals surface area contributed by atoms with E-state index < -0.39 is 0 Å². The summed E-state index contributed by atoms with van der Waals surface area (Å²) in [4.78, 5) is 11.2. The van der Waals surface area contributed by atoms with Crippen molar-refractivity contribution >= 4 is 18.0 Å². The summed E-state index contributed by atoms with van der Waals surface area (Å²) in [5.74, 6) is 1.74. The SMILES string of the molecule is O=CC1(C2CCOCC2)CCCS1. The van der Waals surface area contributed by atoms with Gasteiger partial charge in [-0.1, -0.05) is 0 Å². The molecule has 2 heterocycles. The van der Waals surface area contributed by atoms with Crippen LogP contribution in [0.15, 0.2) is 0 Å². The number of rotatable bonds is 2. The largest absolute Gasteiger partial charge is 0.381 e. The molecule has 2 aliphatic rings. The number of thioether (sulfide) groups is 1. The molecule has 2 nitrogen and oxygen atoms in total. The number of hydrogen-bond donors (Lipinski definition) is 0. The van der Waals surface area contributed by atoms with E-state index in [1.807, 2.05) is 11.8 Å². The van der Waals surface area contributed by atoms with E-state index in [1.54, 1.807) is 0 Å². The van der Waals surface area contributed by atoms with Gasteiger partial charge in [0.1, 0.15) is 6.29 Å². The highest BCUT2D eigenvalue weighted by molar-refractivity contribution is 8.01. The first-order valence-electron chi connectivity index (χ1n) is 5.05. The van der Waals surface area contributed by atoms with Crippen LogP contribution >= 0.6 is 11.8 Å². The maximum Gasteiger partial charge on any atom is 0.136 e. The average Bonchev–Trinajstić information content (AvgIpc) is 2.69. The van der Waals surface area contributed by atoms with Crippen molar-refractivity contribution in [3.63, 3.8) is 0 Å². The molecule has 0 aromatic heterocycles. The Labute approximate surface area is 83.4 Å². The molecular weight excluding hydrogens is 184 g/mol. The average molecular weight is 200 g/mol. The van der Waals surface area contributed by atoms with Crippen LogP contribution in [-0.2, 0) is 9.53 Å². The fourth-order valence-electron chi connectivity index (χ4n) is 2.38. The van der Waals surface area contributed by atoms with Gasteiger partial charge in [0.05, 0.1) is 4.75 Å². The van der Waals surface area contributed by atoms with Gasteiger partial charge in [-0.2, -0.15) is 0 Å². The van der Waals surface area contributed by atoms with Crippen LogP contribution in [0.3, 0.4) is 0 Å². The van der Waals surface area contributed by atoms with E-state index >= 15 is 0 Å². The maximum absolute atomic E-state index is 11.2. The second-order valence-electron chi connectivity index (χ2n) is 3.91. The van der Waals surface area contributed by atoms with Crippen molar-refractivity contribution in [3.8, 4) is 0 Å². The summed E-state index contributed by atoms with van der Waals surface area (Å²) >= 11 is 1.87. The molecule has 0 amide bonds. The number of carbonyl (C=O) groups is 1. The van der Waals surface area contributed by atoms with Crippen molar-refractivity contribution in [1.82, 2.24) is 0 Å². The predicted octanol–water partition coefficient (Wildman–Crippen LogP) is 1.88. The van der Waals surface area contributed by atoms with E-state index in [1.165, 1.54) is 12.7 Å². The maximum atomic E-state index is 11.2. The second-order valence-corrected chi connectivity index (χ2v) is 5.37. The van der Waals surface area contributed by atoms with Crippen molar-refractivity contribution in [2.75, 3.05) is 19.0 Å². The van der Waals surface area contributed by atoms with E-state index in [-0.39, 0.29) is 4.75 Å². The molecule has 2 rings (SSSR count). The van der Waals surface area contributed by atoms with Gasteiger partial charge in [0.15, 0.2) is 0 Å². The summed E-state index contributed by atoms with van der Waals surface area (Å²) < 4.78 is 5.29. The number of ether oxygens (including phenoxy) is 1. The van der Waals surface area contributed by atoms with Crippen LogP contribution in [0.1, 0.15) is 25.7 Å². The molecule has 0 aliphatic carbocycles. The molecule has 74 valence electrons. The number of carbonyl (C=O) groups excluding carboxylic acids is 1. The second kappa shape index (κ2) is 4.01. The standard InChI is InChI=1S/C10H16O2S/c11-8-10(4-1-7-13-10)9-2-5-12-6-3-9/h8-9H,1-7H2. The molecule has 0 radical (unpaired) electrons. The minimum absolute atomic E-state index is 0.0379. The summed E-state index contributed by atoms with van der Waals surface area (Å²) in [7, 11) is 0. The van der Waals surface area contributed by atoms with Crippen LogP contribution in [0.5, 0.6) is 0 Å². The third-order valence-electron chi connectivity index (χ3n) is 3.19. The Balaban J connectivity index is 2.05. The Kier molecular flexibility index (Phi) is 2.94. The fourth-order valence-corrected chi connectivity index (χ4v) is 3.88. The third kappa shape index (κ3) is 1.77. The monoisotopic (exact) mass is 200 g/mol. The van der Waals surface area contributed by atoms with Gasteiger partial charge in [-0.3, -0.25) is 0 Å². The Hall–Kier alpha value is -0.0200. The minimum atomic E-state index is -0.0379. The van der Waals surface area contributed by atoms with Crippen LogP contribution in [0, 0.1) is 5.92 Å². The highest BCUT2D eigenvalue weighted by atomic mass is 32.2. The van der Waals surface area contributed by atoms with Crippen LogP contribution in [-0.4, -0.2) is 30.0 Å². The Morgan fingerprint density at radius 2 is 2.15 bits per heavy atom. The van der Waals surface area contributed by atoms with Crippen molar-refractivity contribution in [3.05, 3.63) is 0 Å². The third-order valence-corrected chi connectivity index (χ3v) is 4.86. The minimum Gasteiger partial charge on any atom is -0.381 e. The molecule has 1 unspecified atom stereocenters. The lowest BCUT2D eigenvalue weighted by Gasteiger charge is -2.34. The predicted molar refractivity (Wildman–Crippen MR) is 54.0 cm³/mol. The van der Waals surface area contributed by atoms with Crippen LogP contribution in [0.2, 0.25) is 0 Å². The van der Waals surface area contributed by atoms with Crippen molar-refractivity contribution in [1.29, 1.82) is 0 Å². The summed E-state index contributed by atoms with van der Waals surface area (Å²) in [6.07, 6.45) is 5.66. The summed E-state index contributed by atoms with van der Waals surface area (Å²) in [6, 6.07) is 0. The molecule has 0 bridgehead atoms. The fraction of sp³-hybridized carbons (Fsp3) is 0.900. The molecular formula is C10H16O2S. The van der Waals surface area contributed by atoms with Crippen molar-refractivity contribution in [2.24, 2.45) is 5.92 Å². The Morgan fingerprint density at radius 1 is 1.38 bits per heavy atom. The highest BCUT2D eigenvalue weighted by Crippen LogP contribution is 2.45. The van der Waals surface area contributed by atoms with Gasteiger partial charge < -0.3 is 9.53 Å². The van der Waals surface area contributed by atoms with Crippen LogP contribution < -0.4 is 0 Å². The molecule has 0 saturated carbocycles. The lowest BCUT2D eigenvalue weighted by Crippen LogP contribution is -2.37. The van der Waals surface area contributed by atoms with E-state index in [4.69, 9.17) is 4.74 Å². The molecule has 2 aliphatic heterocycles. The molecule has 0 N–H and O–H groups in total. The summed E-state index contributed by atoms with van der Waals surface area (Å²) in [6.45, 7) is 1.70. The first-order valence-corrected chi connectivity index (χ1v) is 6.04. The Morgan fingerprint density at radius 3 is 2.69 bits per heavy atom. The van der Waals surface area contributed by atoms with Crippen molar-refractivity contribution in [2.45, 2.75) is 30.4 Å². The van der Waals surface area contributed by atoms with Gasteiger partial charge in [-0.25, -0.2) is 0 Å². The zero-order valence-corrected chi connectivity index (χ0v) is 8.65. The topological polar surface area (TPSA) is 26.3 Å². The van der Waals surface area contributed by atoms with Gasteiger partial charge in [0, 0.05) is 13.2 Å². The first-order chi connectivity index (χ1) is 6.37. The molecule has 3 heteroatoms. The molecule has 13 heavy (non-hydrogen) atoms. The van der Waals surface area contributed by atoms with Gasteiger partial charge >= 0.3 is 0 Å².